The van der Waals surface area contributed by atoms with E-state index in [-0.39, 0.29) is 21.4 Å². The molecule has 0 aliphatic carbocycles. The van der Waals surface area contributed by atoms with E-state index in [1.807, 2.05) is 13.8 Å². The second-order valence-corrected chi connectivity index (χ2v) is 7.61. The summed E-state index contributed by atoms with van der Waals surface area (Å²) in [4.78, 5) is 13.8. The van der Waals surface area contributed by atoms with Gasteiger partial charge in [-0.05, 0) is 56.3 Å². The average Bonchev–Trinajstić information content (AvgIpc) is 2.62. The van der Waals surface area contributed by atoms with Gasteiger partial charge < -0.3 is 9.64 Å². The van der Waals surface area contributed by atoms with Crippen LogP contribution in [0.5, 0.6) is 5.75 Å². The minimum absolute atomic E-state index is 0.0383. The number of amides is 1. The van der Waals surface area contributed by atoms with E-state index >= 15 is 0 Å². The smallest absolute Gasteiger partial charge is 0.261 e. The molecule has 1 N–H and O–H groups in total. The highest BCUT2D eigenvalue weighted by Gasteiger charge is 2.20. The Hall–Kier alpha value is -2.25. The SMILES string of the molecule is CCOc1ccc(NS(=O)(=O)c2ccc(Cl)c(C(=O)N(C)CC)c2)cc1. The Balaban J connectivity index is 2.29. The molecule has 8 heteroatoms. The lowest BCUT2D eigenvalue weighted by molar-refractivity contribution is 0.0802. The molecule has 0 aromatic heterocycles. The van der Waals surface area contributed by atoms with E-state index in [9.17, 15) is 13.2 Å². The number of carbonyl (C=O) groups excluding carboxylic acids is 1. The molecule has 2 rings (SSSR count). The topological polar surface area (TPSA) is 75.7 Å². The van der Waals surface area contributed by atoms with Crippen LogP contribution in [0.15, 0.2) is 47.4 Å². The van der Waals surface area contributed by atoms with E-state index in [0.29, 0.717) is 24.6 Å². The van der Waals surface area contributed by atoms with E-state index < -0.39 is 10.0 Å². The largest absolute Gasteiger partial charge is 0.494 e. The molecule has 26 heavy (non-hydrogen) atoms. The van der Waals surface area contributed by atoms with Crippen molar-refractivity contribution < 1.29 is 17.9 Å². The van der Waals surface area contributed by atoms with Crippen LogP contribution in [-0.4, -0.2) is 39.4 Å². The van der Waals surface area contributed by atoms with Crippen LogP contribution in [0.2, 0.25) is 5.02 Å². The van der Waals surface area contributed by atoms with Gasteiger partial charge in [0.1, 0.15) is 5.75 Å². The first kappa shape index (κ1) is 20.1. The van der Waals surface area contributed by atoms with Crippen LogP contribution in [0, 0.1) is 0 Å². The number of benzene rings is 2. The Bertz CT molecular complexity index is 883. The first-order valence-electron chi connectivity index (χ1n) is 8.09. The molecule has 0 radical (unpaired) electrons. The molecule has 0 saturated heterocycles. The van der Waals surface area contributed by atoms with Crippen molar-refractivity contribution in [3.63, 3.8) is 0 Å². The third kappa shape index (κ3) is 4.68. The maximum absolute atomic E-state index is 12.6. The van der Waals surface area contributed by atoms with Crippen LogP contribution in [0.4, 0.5) is 5.69 Å². The van der Waals surface area contributed by atoms with E-state index in [0.717, 1.165) is 0 Å². The second-order valence-electron chi connectivity index (χ2n) is 5.52. The molecular weight excluding hydrogens is 376 g/mol. The number of hydrogen-bond acceptors (Lipinski definition) is 4. The molecular formula is C18H21ClN2O4S. The number of rotatable bonds is 7. The molecule has 0 saturated carbocycles. The summed E-state index contributed by atoms with van der Waals surface area (Å²) in [6.45, 7) is 4.70. The van der Waals surface area contributed by atoms with Crippen LogP contribution in [0.1, 0.15) is 24.2 Å². The van der Waals surface area contributed by atoms with Gasteiger partial charge in [-0.25, -0.2) is 8.42 Å². The van der Waals surface area contributed by atoms with Crippen LogP contribution in [0.3, 0.4) is 0 Å². The molecule has 6 nitrogen and oxygen atoms in total. The predicted molar refractivity (Wildman–Crippen MR) is 103 cm³/mol. The molecule has 0 bridgehead atoms. The number of nitrogens with one attached hydrogen (secondary N) is 1. The predicted octanol–water partition coefficient (Wildman–Crippen LogP) is 3.63. The van der Waals surface area contributed by atoms with Crippen LogP contribution >= 0.6 is 11.6 Å². The molecule has 2 aromatic rings. The second kappa shape index (κ2) is 8.42. The van der Waals surface area contributed by atoms with Crippen LogP contribution in [0.25, 0.3) is 0 Å². The monoisotopic (exact) mass is 396 g/mol. The van der Waals surface area contributed by atoms with E-state index in [1.54, 1.807) is 31.3 Å². The summed E-state index contributed by atoms with van der Waals surface area (Å²) in [5, 5.41) is 0.204. The maximum atomic E-state index is 12.6. The maximum Gasteiger partial charge on any atom is 0.261 e. The fraction of sp³-hybridized carbons (Fsp3) is 0.278. The molecule has 2 aromatic carbocycles. The summed E-state index contributed by atoms with van der Waals surface area (Å²) < 4.78 is 33.1. The van der Waals surface area contributed by atoms with Crippen molar-refractivity contribution in [3.8, 4) is 5.75 Å². The van der Waals surface area contributed by atoms with Crippen molar-refractivity contribution in [3.05, 3.63) is 53.1 Å². The molecule has 0 aliphatic heterocycles. The van der Waals surface area contributed by atoms with Crippen LogP contribution < -0.4 is 9.46 Å². The highest BCUT2D eigenvalue weighted by Crippen LogP contribution is 2.24. The van der Waals surface area contributed by atoms with Gasteiger partial charge in [0.05, 0.1) is 22.1 Å². The Morgan fingerprint density at radius 3 is 2.38 bits per heavy atom. The van der Waals surface area contributed by atoms with Crippen molar-refractivity contribution in [1.82, 2.24) is 4.90 Å². The molecule has 0 aliphatic rings. The fourth-order valence-corrected chi connectivity index (χ4v) is 3.47. The number of nitrogens with zero attached hydrogens (tertiary/aromatic N) is 1. The lowest BCUT2D eigenvalue weighted by atomic mass is 10.2. The molecule has 0 heterocycles. The number of hydrogen-bond donors (Lipinski definition) is 1. The highest BCUT2D eigenvalue weighted by atomic mass is 35.5. The van der Waals surface area contributed by atoms with Gasteiger partial charge >= 0.3 is 0 Å². The lowest BCUT2D eigenvalue weighted by Crippen LogP contribution is -2.26. The zero-order chi connectivity index (χ0) is 19.3. The summed E-state index contributed by atoms with van der Waals surface area (Å²) in [5.74, 6) is 0.313. The van der Waals surface area contributed by atoms with Crippen LogP contribution in [-0.2, 0) is 10.0 Å². The number of ether oxygens (including phenoxy) is 1. The third-order valence-electron chi connectivity index (χ3n) is 3.72. The summed E-state index contributed by atoms with van der Waals surface area (Å²) in [6.07, 6.45) is 0. The van der Waals surface area contributed by atoms with E-state index in [1.165, 1.54) is 23.1 Å². The first-order chi connectivity index (χ1) is 12.3. The number of sulfonamides is 1. The number of carbonyl (C=O) groups is 1. The van der Waals surface area contributed by atoms with Crippen molar-refractivity contribution in [1.29, 1.82) is 0 Å². The Kier molecular flexibility index (Phi) is 6.50. The Morgan fingerprint density at radius 1 is 1.15 bits per heavy atom. The average molecular weight is 397 g/mol. The zero-order valence-corrected chi connectivity index (χ0v) is 16.4. The van der Waals surface area contributed by atoms with Gasteiger partial charge in [0.25, 0.3) is 15.9 Å². The van der Waals surface area contributed by atoms with Gasteiger partial charge in [-0.2, -0.15) is 0 Å². The summed E-state index contributed by atoms with van der Waals surface area (Å²) in [5.41, 5.74) is 0.535. The Morgan fingerprint density at radius 2 is 1.81 bits per heavy atom. The molecule has 0 fully saturated rings. The molecule has 0 atom stereocenters. The van der Waals surface area contributed by atoms with Gasteiger partial charge in [-0.3, -0.25) is 9.52 Å². The quantitative estimate of drug-likeness (QED) is 0.775. The minimum atomic E-state index is -3.86. The summed E-state index contributed by atoms with van der Waals surface area (Å²) in [6, 6.07) is 10.6. The molecule has 1 amide bonds. The zero-order valence-electron chi connectivity index (χ0n) is 14.8. The fourth-order valence-electron chi connectivity index (χ4n) is 2.18. The number of halogens is 1. The summed E-state index contributed by atoms with van der Waals surface area (Å²) >= 11 is 6.07. The van der Waals surface area contributed by atoms with Crippen molar-refractivity contribution in [2.24, 2.45) is 0 Å². The first-order valence-corrected chi connectivity index (χ1v) is 9.95. The van der Waals surface area contributed by atoms with E-state index in [2.05, 4.69) is 4.72 Å². The minimum Gasteiger partial charge on any atom is -0.494 e. The standard InChI is InChI=1S/C18H21ClN2O4S/c1-4-21(3)18(22)16-12-15(10-11-17(16)19)26(23,24)20-13-6-8-14(9-7-13)25-5-2/h6-12,20H,4-5H2,1-3H3. The highest BCUT2D eigenvalue weighted by molar-refractivity contribution is 7.92. The lowest BCUT2D eigenvalue weighted by Gasteiger charge is -2.16. The van der Waals surface area contributed by atoms with Gasteiger partial charge in [-0.1, -0.05) is 11.6 Å². The number of anilines is 1. The molecule has 0 unspecified atom stereocenters. The van der Waals surface area contributed by atoms with E-state index in [4.69, 9.17) is 16.3 Å². The summed E-state index contributed by atoms with van der Waals surface area (Å²) in [7, 11) is -2.24. The van der Waals surface area contributed by atoms with Crippen molar-refractivity contribution >= 4 is 33.2 Å². The van der Waals surface area contributed by atoms with Gasteiger partial charge in [0.15, 0.2) is 0 Å². The normalized spacial score (nSPS) is 11.1. The van der Waals surface area contributed by atoms with Crippen molar-refractivity contribution in [2.45, 2.75) is 18.7 Å². The van der Waals surface area contributed by atoms with Gasteiger partial charge in [-0.15, -0.1) is 0 Å². The van der Waals surface area contributed by atoms with Gasteiger partial charge in [0.2, 0.25) is 0 Å². The molecule has 140 valence electrons. The Labute approximate surface area is 158 Å². The third-order valence-corrected chi connectivity index (χ3v) is 5.43. The van der Waals surface area contributed by atoms with Crippen molar-refractivity contribution in [2.75, 3.05) is 24.9 Å². The molecule has 0 spiro atoms. The van der Waals surface area contributed by atoms with Gasteiger partial charge in [0, 0.05) is 19.3 Å².